The molecule has 0 heterocycles. The van der Waals surface area contributed by atoms with E-state index < -0.39 is 0 Å². The van der Waals surface area contributed by atoms with Gasteiger partial charge in [-0.05, 0) is 31.9 Å². The molecule has 1 unspecified atom stereocenters. The molecule has 1 rings (SSSR count). The molecule has 0 aliphatic heterocycles. The van der Waals surface area contributed by atoms with Crippen molar-refractivity contribution in [2.24, 2.45) is 5.73 Å². The Kier molecular flexibility index (Phi) is 4.59. The zero-order valence-corrected chi connectivity index (χ0v) is 9.36. The van der Waals surface area contributed by atoms with Crippen molar-refractivity contribution in [1.29, 1.82) is 0 Å². The molecular formula is C12H19NO2. The molecule has 0 spiro atoms. The van der Waals surface area contributed by atoms with Gasteiger partial charge in [-0.2, -0.15) is 0 Å². The topological polar surface area (TPSA) is 55.5 Å². The standard InChI is InChI=1S/C12H19NO2/c1-3-15-12-5-4-9(2)6-10(12)7-11(13)8-14/h4-6,11,14H,3,7-8,13H2,1-2H3. The molecule has 0 saturated heterocycles. The Morgan fingerprint density at radius 2 is 2.20 bits per heavy atom. The minimum atomic E-state index is -0.217. The zero-order valence-electron chi connectivity index (χ0n) is 9.36. The number of aryl methyl sites for hydroxylation is 1. The summed E-state index contributed by atoms with van der Waals surface area (Å²) < 4.78 is 5.50. The normalized spacial score (nSPS) is 12.5. The lowest BCUT2D eigenvalue weighted by atomic mass is 10.0. The van der Waals surface area contributed by atoms with Crippen molar-refractivity contribution in [2.75, 3.05) is 13.2 Å². The van der Waals surface area contributed by atoms with Crippen LogP contribution in [0.4, 0.5) is 0 Å². The Morgan fingerprint density at radius 3 is 2.80 bits per heavy atom. The van der Waals surface area contributed by atoms with Gasteiger partial charge in [-0.15, -0.1) is 0 Å². The number of rotatable bonds is 5. The average Bonchev–Trinajstić information content (AvgIpc) is 2.22. The van der Waals surface area contributed by atoms with E-state index in [0.717, 1.165) is 11.3 Å². The third kappa shape index (κ3) is 3.53. The molecule has 1 aromatic carbocycles. The highest BCUT2D eigenvalue weighted by Gasteiger charge is 2.08. The van der Waals surface area contributed by atoms with Crippen LogP contribution in [0.15, 0.2) is 18.2 Å². The van der Waals surface area contributed by atoms with Crippen LogP contribution in [0.2, 0.25) is 0 Å². The van der Waals surface area contributed by atoms with E-state index in [1.807, 2.05) is 26.0 Å². The highest BCUT2D eigenvalue weighted by atomic mass is 16.5. The van der Waals surface area contributed by atoms with Gasteiger partial charge in [-0.25, -0.2) is 0 Å². The number of hydrogen-bond donors (Lipinski definition) is 2. The Bertz CT molecular complexity index is 312. The van der Waals surface area contributed by atoms with Gasteiger partial charge in [0.2, 0.25) is 0 Å². The van der Waals surface area contributed by atoms with Crippen LogP contribution in [0.25, 0.3) is 0 Å². The average molecular weight is 209 g/mol. The minimum Gasteiger partial charge on any atom is -0.494 e. The maximum absolute atomic E-state index is 8.92. The summed E-state index contributed by atoms with van der Waals surface area (Å²) in [5.41, 5.74) is 7.96. The number of ether oxygens (including phenoxy) is 1. The van der Waals surface area contributed by atoms with Crippen LogP contribution in [0.3, 0.4) is 0 Å². The molecule has 3 nitrogen and oxygen atoms in total. The minimum absolute atomic E-state index is 0.000489. The predicted molar refractivity (Wildman–Crippen MR) is 61.1 cm³/mol. The van der Waals surface area contributed by atoms with Crippen LogP contribution in [0.5, 0.6) is 5.75 Å². The van der Waals surface area contributed by atoms with Crippen LogP contribution in [0, 0.1) is 6.92 Å². The summed E-state index contributed by atoms with van der Waals surface area (Å²) in [6, 6.07) is 5.81. The fraction of sp³-hybridized carbons (Fsp3) is 0.500. The molecular weight excluding hydrogens is 190 g/mol. The summed E-state index contributed by atoms with van der Waals surface area (Å²) in [6.07, 6.45) is 0.646. The number of aliphatic hydroxyl groups excluding tert-OH is 1. The zero-order chi connectivity index (χ0) is 11.3. The van der Waals surface area contributed by atoms with Crippen LogP contribution in [-0.2, 0) is 6.42 Å². The number of hydrogen-bond acceptors (Lipinski definition) is 3. The van der Waals surface area contributed by atoms with Gasteiger partial charge in [0.05, 0.1) is 13.2 Å². The highest BCUT2D eigenvalue weighted by molar-refractivity contribution is 5.37. The maximum Gasteiger partial charge on any atom is 0.122 e. The third-order valence-electron chi connectivity index (χ3n) is 2.23. The van der Waals surface area contributed by atoms with E-state index in [1.165, 1.54) is 5.56 Å². The van der Waals surface area contributed by atoms with Crippen LogP contribution in [-0.4, -0.2) is 24.4 Å². The van der Waals surface area contributed by atoms with Crippen LogP contribution in [0.1, 0.15) is 18.1 Å². The van der Waals surface area contributed by atoms with E-state index in [0.29, 0.717) is 13.0 Å². The van der Waals surface area contributed by atoms with E-state index in [9.17, 15) is 0 Å². The van der Waals surface area contributed by atoms with Gasteiger partial charge in [-0.1, -0.05) is 17.7 Å². The smallest absolute Gasteiger partial charge is 0.122 e. The van der Waals surface area contributed by atoms with Gasteiger partial charge in [-0.3, -0.25) is 0 Å². The summed E-state index contributed by atoms with van der Waals surface area (Å²) in [7, 11) is 0. The first-order chi connectivity index (χ1) is 7.17. The second kappa shape index (κ2) is 5.73. The second-order valence-corrected chi connectivity index (χ2v) is 3.69. The van der Waals surface area contributed by atoms with Gasteiger partial charge >= 0.3 is 0 Å². The van der Waals surface area contributed by atoms with Crippen molar-refractivity contribution < 1.29 is 9.84 Å². The molecule has 0 radical (unpaired) electrons. The van der Waals surface area contributed by atoms with Crippen LogP contribution < -0.4 is 10.5 Å². The number of benzene rings is 1. The van der Waals surface area contributed by atoms with Gasteiger partial charge in [0.1, 0.15) is 5.75 Å². The molecule has 3 heteroatoms. The first-order valence-electron chi connectivity index (χ1n) is 5.26. The third-order valence-corrected chi connectivity index (χ3v) is 2.23. The Labute approximate surface area is 90.9 Å². The number of nitrogens with two attached hydrogens (primary N) is 1. The number of aliphatic hydroxyl groups is 1. The maximum atomic E-state index is 8.92. The van der Waals surface area contributed by atoms with Crippen molar-refractivity contribution in [3.8, 4) is 5.75 Å². The summed E-state index contributed by atoms with van der Waals surface area (Å²) in [5.74, 6) is 0.868. The van der Waals surface area contributed by atoms with Crippen LogP contribution >= 0.6 is 0 Å². The molecule has 0 amide bonds. The second-order valence-electron chi connectivity index (χ2n) is 3.69. The molecule has 15 heavy (non-hydrogen) atoms. The molecule has 1 atom stereocenters. The Hall–Kier alpha value is -1.06. The fourth-order valence-corrected chi connectivity index (χ4v) is 1.51. The van der Waals surface area contributed by atoms with Crippen molar-refractivity contribution in [1.82, 2.24) is 0 Å². The molecule has 0 aliphatic rings. The fourth-order valence-electron chi connectivity index (χ4n) is 1.51. The Balaban J connectivity index is 2.86. The van der Waals surface area contributed by atoms with Crippen molar-refractivity contribution in [3.63, 3.8) is 0 Å². The van der Waals surface area contributed by atoms with Crippen molar-refractivity contribution in [3.05, 3.63) is 29.3 Å². The first kappa shape index (κ1) is 12.0. The van der Waals surface area contributed by atoms with E-state index in [4.69, 9.17) is 15.6 Å². The SMILES string of the molecule is CCOc1ccc(C)cc1CC(N)CO. The molecule has 0 bridgehead atoms. The van der Waals surface area contributed by atoms with Gasteiger partial charge in [0.25, 0.3) is 0 Å². The lowest BCUT2D eigenvalue weighted by molar-refractivity contribution is 0.263. The molecule has 1 aromatic rings. The van der Waals surface area contributed by atoms with Gasteiger partial charge in [0.15, 0.2) is 0 Å². The van der Waals surface area contributed by atoms with Gasteiger partial charge in [0, 0.05) is 6.04 Å². The molecule has 0 saturated carbocycles. The van der Waals surface area contributed by atoms with E-state index in [-0.39, 0.29) is 12.6 Å². The summed E-state index contributed by atoms with van der Waals surface area (Å²) >= 11 is 0. The predicted octanol–water partition coefficient (Wildman–Crippen LogP) is 1.26. The quantitative estimate of drug-likeness (QED) is 0.767. The molecule has 0 aliphatic carbocycles. The van der Waals surface area contributed by atoms with Crippen molar-refractivity contribution >= 4 is 0 Å². The Morgan fingerprint density at radius 1 is 1.47 bits per heavy atom. The molecule has 0 aromatic heterocycles. The first-order valence-corrected chi connectivity index (χ1v) is 5.26. The monoisotopic (exact) mass is 209 g/mol. The lowest BCUT2D eigenvalue weighted by Crippen LogP contribution is -2.27. The largest absolute Gasteiger partial charge is 0.494 e. The lowest BCUT2D eigenvalue weighted by Gasteiger charge is -2.13. The summed E-state index contributed by atoms with van der Waals surface area (Å²) in [5, 5.41) is 8.92. The van der Waals surface area contributed by atoms with E-state index in [2.05, 4.69) is 6.07 Å². The molecule has 84 valence electrons. The van der Waals surface area contributed by atoms with Gasteiger partial charge < -0.3 is 15.6 Å². The molecule has 0 fully saturated rings. The highest BCUT2D eigenvalue weighted by Crippen LogP contribution is 2.21. The van der Waals surface area contributed by atoms with E-state index in [1.54, 1.807) is 0 Å². The summed E-state index contributed by atoms with van der Waals surface area (Å²) in [4.78, 5) is 0. The summed E-state index contributed by atoms with van der Waals surface area (Å²) in [6.45, 7) is 4.63. The molecule has 3 N–H and O–H groups in total. The van der Waals surface area contributed by atoms with E-state index >= 15 is 0 Å². The van der Waals surface area contributed by atoms with Crippen molar-refractivity contribution in [2.45, 2.75) is 26.3 Å².